The van der Waals surface area contributed by atoms with Crippen molar-refractivity contribution in [3.8, 4) is 0 Å². The number of hydrogen-bond donors (Lipinski definition) is 3. The summed E-state index contributed by atoms with van der Waals surface area (Å²) in [5.74, 6) is 0.276. The molecule has 0 spiro atoms. The standard InChI is InChI=1S/C73H142O17P2/c1-8-11-12-13-14-33-40-47-54-70(75)83-60-68(89-73(78)57-50-43-36-29-23-21-26-32-39-46-53-66(7)10-3)62-87-91(79,80)85-58-67(74)59-86-92(81,82)88-63-69(61-84-71(76)55-48-41-34-27-22-20-25-31-38-45-52-65(6)9-2)90-72(77)56-49-42-35-28-19-17-15-16-18-24-30-37-44-51-64(4)5/h64-69,74H,8-63H2,1-7H3,(H,79,80)(H,81,82)/t65?,66?,67-,68+,69+/m0/s1. The van der Waals surface area contributed by atoms with Crippen LogP contribution in [0.15, 0.2) is 0 Å². The van der Waals surface area contributed by atoms with E-state index >= 15 is 0 Å². The van der Waals surface area contributed by atoms with Gasteiger partial charge in [-0.3, -0.25) is 37.3 Å². The van der Waals surface area contributed by atoms with Crippen LogP contribution in [0.1, 0.15) is 370 Å². The molecule has 19 heteroatoms. The Morgan fingerprint density at radius 1 is 0.315 bits per heavy atom. The molecule has 0 aliphatic carbocycles. The Morgan fingerprint density at radius 3 is 0.826 bits per heavy atom. The summed E-state index contributed by atoms with van der Waals surface area (Å²) in [5, 5.41) is 10.6. The summed E-state index contributed by atoms with van der Waals surface area (Å²) in [5.41, 5.74) is 0. The monoisotopic (exact) mass is 1350 g/mol. The molecular formula is C73H142O17P2. The maximum atomic E-state index is 13.1. The SMILES string of the molecule is CCCCCCCCCCC(=O)OC[C@H](COP(=O)(O)OC[C@H](O)COP(=O)(O)OC[C@@H](COC(=O)CCCCCCCCCCCCC(C)CC)OC(=O)CCCCCCCCCCCCCCCC(C)C)OC(=O)CCCCCCCCCCCCC(C)CC. The van der Waals surface area contributed by atoms with E-state index in [1.54, 1.807) is 0 Å². The summed E-state index contributed by atoms with van der Waals surface area (Å²) in [7, 11) is -9.90. The van der Waals surface area contributed by atoms with Crippen molar-refractivity contribution in [1.29, 1.82) is 0 Å². The zero-order valence-electron chi connectivity index (χ0n) is 60.0. The van der Waals surface area contributed by atoms with Gasteiger partial charge in [0.15, 0.2) is 12.2 Å². The minimum absolute atomic E-state index is 0.106. The van der Waals surface area contributed by atoms with Crippen LogP contribution in [0, 0.1) is 17.8 Å². The van der Waals surface area contributed by atoms with E-state index in [0.717, 1.165) is 114 Å². The van der Waals surface area contributed by atoms with Crippen molar-refractivity contribution in [1.82, 2.24) is 0 Å². The number of rotatable bonds is 71. The molecule has 4 unspecified atom stereocenters. The highest BCUT2D eigenvalue weighted by atomic mass is 31.2. The maximum Gasteiger partial charge on any atom is 0.472 e. The highest BCUT2D eigenvalue weighted by molar-refractivity contribution is 7.47. The smallest absolute Gasteiger partial charge is 0.462 e. The van der Waals surface area contributed by atoms with Crippen LogP contribution in [0.3, 0.4) is 0 Å². The molecule has 0 radical (unpaired) electrons. The van der Waals surface area contributed by atoms with Crippen molar-refractivity contribution in [3.63, 3.8) is 0 Å². The summed E-state index contributed by atoms with van der Waals surface area (Å²) >= 11 is 0. The van der Waals surface area contributed by atoms with E-state index in [1.165, 1.54) is 173 Å². The molecule has 17 nitrogen and oxygen atoms in total. The van der Waals surface area contributed by atoms with Crippen molar-refractivity contribution in [2.75, 3.05) is 39.6 Å². The van der Waals surface area contributed by atoms with Crippen LogP contribution in [0.4, 0.5) is 0 Å². The van der Waals surface area contributed by atoms with Crippen LogP contribution in [-0.2, 0) is 65.4 Å². The van der Waals surface area contributed by atoms with Gasteiger partial charge in [0.25, 0.3) is 0 Å². The van der Waals surface area contributed by atoms with Gasteiger partial charge in [0.05, 0.1) is 26.4 Å². The number of ether oxygens (including phenoxy) is 4. The van der Waals surface area contributed by atoms with E-state index in [-0.39, 0.29) is 25.7 Å². The molecule has 0 amide bonds. The van der Waals surface area contributed by atoms with E-state index in [1.807, 2.05) is 0 Å². The minimum atomic E-state index is -4.95. The molecule has 0 aromatic carbocycles. The molecule has 0 aliphatic heterocycles. The Labute approximate surface area is 562 Å². The molecule has 92 heavy (non-hydrogen) atoms. The summed E-state index contributed by atoms with van der Waals surface area (Å²) in [6, 6.07) is 0. The highest BCUT2D eigenvalue weighted by Gasteiger charge is 2.30. The molecule has 0 rings (SSSR count). The second kappa shape index (κ2) is 63.8. The lowest BCUT2D eigenvalue weighted by atomic mass is 9.99. The number of phosphoric ester groups is 2. The maximum absolute atomic E-state index is 13.1. The van der Waals surface area contributed by atoms with E-state index in [0.29, 0.717) is 25.7 Å². The Bertz CT molecular complexity index is 1810. The minimum Gasteiger partial charge on any atom is -0.462 e. The lowest BCUT2D eigenvalue weighted by Gasteiger charge is -2.21. The molecule has 0 aliphatic rings. The third-order valence-electron chi connectivity index (χ3n) is 17.6. The zero-order chi connectivity index (χ0) is 68.0. The largest absolute Gasteiger partial charge is 0.472 e. The third kappa shape index (κ3) is 64.1. The van der Waals surface area contributed by atoms with Gasteiger partial charge in [-0.05, 0) is 43.4 Å². The Hall–Kier alpha value is -1.94. The predicted octanol–water partition coefficient (Wildman–Crippen LogP) is 21.0. The molecule has 0 saturated carbocycles. The number of hydrogen-bond acceptors (Lipinski definition) is 15. The molecule has 546 valence electrons. The first-order valence-corrected chi connectivity index (χ1v) is 40.9. The average molecular weight is 1350 g/mol. The molecular weight excluding hydrogens is 1210 g/mol. The van der Waals surface area contributed by atoms with Gasteiger partial charge < -0.3 is 33.8 Å². The Kier molecular flexibility index (Phi) is 62.4. The van der Waals surface area contributed by atoms with E-state index in [4.69, 9.17) is 37.0 Å². The van der Waals surface area contributed by atoms with Crippen molar-refractivity contribution < 1.29 is 80.2 Å². The number of phosphoric acid groups is 2. The molecule has 0 saturated heterocycles. The van der Waals surface area contributed by atoms with E-state index in [2.05, 4.69) is 48.5 Å². The van der Waals surface area contributed by atoms with Crippen LogP contribution in [0.2, 0.25) is 0 Å². The Balaban J connectivity index is 5.24. The summed E-state index contributed by atoms with van der Waals surface area (Å²) in [6.07, 6.45) is 48.4. The topological polar surface area (TPSA) is 237 Å². The van der Waals surface area contributed by atoms with Gasteiger partial charge in [-0.15, -0.1) is 0 Å². The van der Waals surface area contributed by atoms with Crippen LogP contribution in [0.25, 0.3) is 0 Å². The van der Waals surface area contributed by atoms with Crippen molar-refractivity contribution in [2.45, 2.75) is 388 Å². The van der Waals surface area contributed by atoms with Crippen molar-refractivity contribution in [3.05, 3.63) is 0 Å². The third-order valence-corrected chi connectivity index (χ3v) is 19.5. The van der Waals surface area contributed by atoms with Gasteiger partial charge in [0, 0.05) is 25.7 Å². The second-order valence-electron chi connectivity index (χ2n) is 27.3. The number of unbranched alkanes of at least 4 members (excludes halogenated alkanes) is 37. The van der Waals surface area contributed by atoms with E-state index in [9.17, 15) is 43.2 Å². The van der Waals surface area contributed by atoms with Gasteiger partial charge in [-0.25, -0.2) is 9.13 Å². The number of carbonyl (C=O) groups is 4. The normalized spacial score (nSPS) is 14.7. The lowest BCUT2D eigenvalue weighted by molar-refractivity contribution is -0.161. The fourth-order valence-electron chi connectivity index (χ4n) is 11.0. The van der Waals surface area contributed by atoms with Crippen molar-refractivity contribution in [2.24, 2.45) is 17.8 Å². The van der Waals surface area contributed by atoms with Crippen LogP contribution in [-0.4, -0.2) is 96.7 Å². The van der Waals surface area contributed by atoms with Gasteiger partial charge in [-0.1, -0.05) is 318 Å². The fraction of sp³-hybridized carbons (Fsp3) is 0.945. The molecule has 0 fully saturated rings. The highest BCUT2D eigenvalue weighted by Crippen LogP contribution is 2.45. The van der Waals surface area contributed by atoms with Gasteiger partial charge in [0.2, 0.25) is 0 Å². The number of esters is 4. The first-order valence-electron chi connectivity index (χ1n) is 37.9. The predicted molar refractivity (Wildman–Crippen MR) is 372 cm³/mol. The summed E-state index contributed by atoms with van der Waals surface area (Å²) in [6.45, 7) is 11.9. The zero-order valence-corrected chi connectivity index (χ0v) is 61.8. The number of aliphatic hydroxyl groups is 1. The first-order chi connectivity index (χ1) is 44.3. The molecule has 7 atom stereocenters. The molecule has 0 bridgehead atoms. The van der Waals surface area contributed by atoms with E-state index < -0.39 is 97.5 Å². The van der Waals surface area contributed by atoms with Crippen molar-refractivity contribution >= 4 is 39.5 Å². The number of aliphatic hydroxyl groups excluding tert-OH is 1. The fourth-order valence-corrected chi connectivity index (χ4v) is 12.6. The van der Waals surface area contributed by atoms with Gasteiger partial charge in [0.1, 0.15) is 19.3 Å². The number of carbonyl (C=O) groups excluding carboxylic acids is 4. The molecule has 0 heterocycles. The molecule has 3 N–H and O–H groups in total. The molecule has 0 aromatic heterocycles. The lowest BCUT2D eigenvalue weighted by Crippen LogP contribution is -2.30. The second-order valence-corrected chi connectivity index (χ2v) is 30.2. The van der Waals surface area contributed by atoms with Crippen LogP contribution >= 0.6 is 15.6 Å². The summed E-state index contributed by atoms with van der Waals surface area (Å²) < 4.78 is 68.4. The first kappa shape index (κ1) is 90.1. The average Bonchev–Trinajstić information content (AvgIpc) is 3.42. The quantitative estimate of drug-likeness (QED) is 0.0222. The Morgan fingerprint density at radius 2 is 0.554 bits per heavy atom. The van der Waals surface area contributed by atoms with Gasteiger partial charge in [-0.2, -0.15) is 0 Å². The van der Waals surface area contributed by atoms with Gasteiger partial charge >= 0.3 is 39.5 Å². The molecule has 0 aromatic rings. The van der Waals surface area contributed by atoms with Crippen LogP contribution in [0.5, 0.6) is 0 Å². The summed E-state index contributed by atoms with van der Waals surface area (Å²) in [4.78, 5) is 72.6. The van der Waals surface area contributed by atoms with Crippen LogP contribution < -0.4 is 0 Å².